The smallest absolute Gasteiger partial charge is 0.180 e. The number of hydrogen-bond acceptors (Lipinski definition) is 5. The Hall–Kier alpha value is -0.650. The Labute approximate surface area is 87.2 Å². The van der Waals surface area contributed by atoms with Gasteiger partial charge in [-0.1, -0.05) is 11.3 Å². The molecule has 0 aliphatic carbocycles. The van der Waals surface area contributed by atoms with Gasteiger partial charge < -0.3 is 16.2 Å². The van der Waals surface area contributed by atoms with Gasteiger partial charge in [-0.2, -0.15) is 0 Å². The van der Waals surface area contributed by atoms with Gasteiger partial charge in [0, 0.05) is 6.20 Å². The van der Waals surface area contributed by atoms with E-state index in [0.29, 0.717) is 11.0 Å². The number of aliphatic hydroxyl groups is 1. The van der Waals surface area contributed by atoms with Crippen molar-refractivity contribution in [1.82, 2.24) is 10.3 Å². The van der Waals surface area contributed by atoms with Crippen LogP contribution in [0.15, 0.2) is 6.20 Å². The number of rotatable bonds is 2. The van der Waals surface area contributed by atoms with Crippen molar-refractivity contribution < 1.29 is 5.11 Å². The third-order valence-corrected chi connectivity index (χ3v) is 3.56. The summed E-state index contributed by atoms with van der Waals surface area (Å²) in [5, 5.41) is 13.9. The second-order valence-electron chi connectivity index (χ2n) is 3.63. The van der Waals surface area contributed by atoms with E-state index in [1.165, 1.54) is 11.3 Å². The summed E-state index contributed by atoms with van der Waals surface area (Å²) in [5.41, 5.74) is 5.53. The summed E-state index contributed by atoms with van der Waals surface area (Å²) in [5.74, 6) is 0.357. The van der Waals surface area contributed by atoms with Gasteiger partial charge in [0.1, 0.15) is 0 Å². The van der Waals surface area contributed by atoms with Gasteiger partial charge >= 0.3 is 0 Å². The monoisotopic (exact) mass is 213 g/mol. The maximum Gasteiger partial charge on any atom is 0.180 e. The highest BCUT2D eigenvalue weighted by atomic mass is 32.1. The van der Waals surface area contributed by atoms with Crippen LogP contribution in [0.2, 0.25) is 0 Å². The molecule has 1 aromatic rings. The molecule has 1 fully saturated rings. The number of nitrogens with zero attached hydrogens (tertiary/aromatic N) is 1. The van der Waals surface area contributed by atoms with Crippen molar-refractivity contribution in [2.24, 2.45) is 5.92 Å². The van der Waals surface area contributed by atoms with Crippen molar-refractivity contribution in [2.75, 3.05) is 18.8 Å². The molecule has 0 saturated carbocycles. The molecule has 2 heterocycles. The molecule has 1 unspecified atom stereocenters. The summed E-state index contributed by atoms with van der Waals surface area (Å²) in [7, 11) is 0. The Kier molecular flexibility index (Phi) is 3.00. The molecule has 2 rings (SSSR count). The minimum atomic E-state index is -0.383. The fraction of sp³-hybridized carbons (Fsp3) is 0.667. The highest BCUT2D eigenvalue weighted by Gasteiger charge is 2.24. The third-order valence-electron chi connectivity index (χ3n) is 2.66. The molecule has 4 N–H and O–H groups in total. The van der Waals surface area contributed by atoms with Gasteiger partial charge in [0.25, 0.3) is 0 Å². The molecular weight excluding hydrogens is 198 g/mol. The summed E-state index contributed by atoms with van der Waals surface area (Å²) in [6.07, 6.45) is 3.36. The number of nitrogen functional groups attached to an aromatic ring is 1. The topological polar surface area (TPSA) is 71.2 Å². The van der Waals surface area contributed by atoms with E-state index in [0.717, 1.165) is 30.8 Å². The Morgan fingerprint density at radius 3 is 2.86 bits per heavy atom. The molecule has 4 nitrogen and oxygen atoms in total. The largest absolute Gasteiger partial charge is 0.387 e. The molecule has 1 aliphatic rings. The molecule has 0 radical (unpaired) electrons. The highest BCUT2D eigenvalue weighted by Crippen LogP contribution is 2.32. The first-order valence-corrected chi connectivity index (χ1v) is 5.69. The van der Waals surface area contributed by atoms with Crippen LogP contribution in [-0.2, 0) is 0 Å². The minimum absolute atomic E-state index is 0.357. The van der Waals surface area contributed by atoms with E-state index in [9.17, 15) is 5.11 Å². The van der Waals surface area contributed by atoms with Crippen LogP contribution >= 0.6 is 11.3 Å². The van der Waals surface area contributed by atoms with E-state index in [4.69, 9.17) is 5.73 Å². The summed E-state index contributed by atoms with van der Waals surface area (Å²) < 4.78 is 0. The fourth-order valence-electron chi connectivity index (χ4n) is 1.83. The van der Waals surface area contributed by atoms with Crippen molar-refractivity contribution in [3.63, 3.8) is 0 Å². The molecule has 0 aromatic carbocycles. The van der Waals surface area contributed by atoms with Crippen LogP contribution in [0.25, 0.3) is 0 Å². The van der Waals surface area contributed by atoms with Crippen LogP contribution in [0.4, 0.5) is 5.13 Å². The van der Waals surface area contributed by atoms with E-state index < -0.39 is 0 Å². The van der Waals surface area contributed by atoms with Gasteiger partial charge in [-0.05, 0) is 31.8 Å². The van der Waals surface area contributed by atoms with E-state index in [-0.39, 0.29) is 6.10 Å². The molecule has 1 aliphatic heterocycles. The van der Waals surface area contributed by atoms with Crippen LogP contribution < -0.4 is 11.1 Å². The molecule has 1 atom stereocenters. The Morgan fingerprint density at radius 2 is 2.29 bits per heavy atom. The maximum atomic E-state index is 10.0. The average Bonchev–Trinajstić information content (AvgIpc) is 2.65. The lowest BCUT2D eigenvalue weighted by Gasteiger charge is -2.26. The predicted molar refractivity (Wildman–Crippen MR) is 57.1 cm³/mol. The van der Waals surface area contributed by atoms with E-state index in [2.05, 4.69) is 10.3 Å². The SMILES string of the molecule is Nc1ncc(C(O)C2CCNCC2)s1. The zero-order valence-corrected chi connectivity index (χ0v) is 8.76. The van der Waals surface area contributed by atoms with Gasteiger partial charge in [0.15, 0.2) is 5.13 Å². The number of nitrogens with two attached hydrogens (primary N) is 1. The molecule has 14 heavy (non-hydrogen) atoms. The summed E-state index contributed by atoms with van der Waals surface area (Å²) >= 11 is 1.39. The van der Waals surface area contributed by atoms with Crippen molar-refractivity contribution in [1.29, 1.82) is 0 Å². The number of piperidine rings is 1. The number of aliphatic hydroxyl groups excluding tert-OH is 1. The zero-order chi connectivity index (χ0) is 9.97. The lowest BCUT2D eigenvalue weighted by molar-refractivity contribution is 0.0919. The summed E-state index contributed by atoms with van der Waals surface area (Å²) in [6, 6.07) is 0. The minimum Gasteiger partial charge on any atom is -0.387 e. The van der Waals surface area contributed by atoms with Crippen LogP contribution in [-0.4, -0.2) is 23.2 Å². The van der Waals surface area contributed by atoms with Crippen molar-refractivity contribution in [3.05, 3.63) is 11.1 Å². The van der Waals surface area contributed by atoms with Crippen molar-refractivity contribution >= 4 is 16.5 Å². The normalized spacial score (nSPS) is 20.9. The van der Waals surface area contributed by atoms with Gasteiger partial charge in [-0.25, -0.2) is 4.98 Å². The number of thiazole rings is 1. The molecule has 1 aromatic heterocycles. The molecule has 5 heteroatoms. The number of aromatic nitrogens is 1. The Bertz CT molecular complexity index is 296. The summed E-state index contributed by atoms with van der Waals surface area (Å²) in [6.45, 7) is 1.99. The second-order valence-corrected chi connectivity index (χ2v) is 4.73. The van der Waals surface area contributed by atoms with Gasteiger partial charge in [-0.15, -0.1) is 0 Å². The second kappa shape index (κ2) is 4.25. The lowest BCUT2D eigenvalue weighted by Crippen LogP contribution is -2.30. The predicted octanol–water partition coefficient (Wildman–Crippen LogP) is 0.758. The molecule has 0 bridgehead atoms. The van der Waals surface area contributed by atoms with Crippen molar-refractivity contribution in [2.45, 2.75) is 18.9 Å². The Balaban J connectivity index is 2.03. The molecular formula is C9H15N3OS. The molecule has 1 saturated heterocycles. The molecule has 78 valence electrons. The first kappa shape index (κ1) is 9.89. The van der Waals surface area contributed by atoms with Gasteiger partial charge in [0.05, 0.1) is 11.0 Å². The summed E-state index contributed by atoms with van der Waals surface area (Å²) in [4.78, 5) is 4.85. The van der Waals surface area contributed by atoms with Gasteiger partial charge in [0.2, 0.25) is 0 Å². The van der Waals surface area contributed by atoms with E-state index >= 15 is 0 Å². The lowest BCUT2D eigenvalue weighted by atomic mass is 9.92. The quantitative estimate of drug-likeness (QED) is 0.678. The van der Waals surface area contributed by atoms with Crippen LogP contribution in [0.3, 0.4) is 0 Å². The molecule has 0 spiro atoms. The van der Waals surface area contributed by atoms with Crippen molar-refractivity contribution in [3.8, 4) is 0 Å². The van der Waals surface area contributed by atoms with Crippen LogP contribution in [0, 0.1) is 5.92 Å². The standard InChI is InChI=1S/C9H15N3OS/c10-9-12-5-7(14-9)8(13)6-1-3-11-4-2-6/h5-6,8,11,13H,1-4H2,(H2,10,12). The van der Waals surface area contributed by atoms with Crippen LogP contribution in [0.5, 0.6) is 0 Å². The van der Waals surface area contributed by atoms with E-state index in [1.54, 1.807) is 6.20 Å². The zero-order valence-electron chi connectivity index (χ0n) is 7.94. The third kappa shape index (κ3) is 2.05. The number of hydrogen-bond donors (Lipinski definition) is 3. The highest BCUT2D eigenvalue weighted by molar-refractivity contribution is 7.15. The average molecular weight is 213 g/mol. The number of nitrogens with one attached hydrogen (secondary N) is 1. The van der Waals surface area contributed by atoms with Gasteiger partial charge in [-0.3, -0.25) is 0 Å². The Morgan fingerprint density at radius 1 is 1.57 bits per heavy atom. The van der Waals surface area contributed by atoms with E-state index in [1.807, 2.05) is 0 Å². The number of anilines is 1. The first-order chi connectivity index (χ1) is 6.77. The van der Waals surface area contributed by atoms with Crippen LogP contribution in [0.1, 0.15) is 23.8 Å². The fourth-order valence-corrected chi connectivity index (χ4v) is 2.60. The molecule has 0 amide bonds. The first-order valence-electron chi connectivity index (χ1n) is 4.87. The maximum absolute atomic E-state index is 10.0.